The largest absolute Gasteiger partial charge is 0.244 e. The summed E-state index contributed by atoms with van der Waals surface area (Å²) in [5, 5.41) is 9.99. The third-order valence-corrected chi connectivity index (χ3v) is 10.3. The Bertz CT molecular complexity index is 2850. The highest BCUT2D eigenvalue weighted by Gasteiger charge is 2.17. The van der Waals surface area contributed by atoms with Crippen molar-refractivity contribution in [3.8, 4) is 44.8 Å². The zero-order valence-electron chi connectivity index (χ0n) is 28.1. The Hall–Kier alpha value is -6.64. The smallest absolute Gasteiger partial charge is 0.0973 e. The fourth-order valence-corrected chi connectivity index (χ4v) is 7.86. The summed E-state index contributed by atoms with van der Waals surface area (Å²) >= 11 is 0. The topological polar surface area (TPSA) is 25.8 Å². The lowest BCUT2D eigenvalue weighted by Gasteiger charge is -2.15. The van der Waals surface area contributed by atoms with Gasteiger partial charge in [0.1, 0.15) is 0 Å². The van der Waals surface area contributed by atoms with E-state index in [-0.39, 0.29) is 0 Å². The summed E-state index contributed by atoms with van der Waals surface area (Å²) in [4.78, 5) is 10.6. The van der Waals surface area contributed by atoms with Gasteiger partial charge in [0.05, 0.1) is 22.4 Å². The van der Waals surface area contributed by atoms with Gasteiger partial charge in [0.25, 0.3) is 0 Å². The van der Waals surface area contributed by atoms with Crippen LogP contribution in [0.15, 0.2) is 176 Å². The first-order valence-electron chi connectivity index (χ1n) is 17.5. The highest BCUT2D eigenvalue weighted by molar-refractivity contribution is 6.14. The normalized spacial score (nSPS) is 11.6. The van der Waals surface area contributed by atoms with Crippen LogP contribution in [0.5, 0.6) is 0 Å². The first kappa shape index (κ1) is 29.3. The number of benzene rings is 9. The summed E-state index contributed by atoms with van der Waals surface area (Å²) in [6.45, 7) is 2.11. The van der Waals surface area contributed by atoms with Crippen molar-refractivity contribution in [2.24, 2.45) is 0 Å². The maximum absolute atomic E-state index is 5.32. The number of aryl methyl sites for hydroxylation is 1. The summed E-state index contributed by atoms with van der Waals surface area (Å²) in [7, 11) is 0. The second-order valence-corrected chi connectivity index (χ2v) is 13.4. The van der Waals surface area contributed by atoms with Crippen molar-refractivity contribution in [1.29, 1.82) is 0 Å². The van der Waals surface area contributed by atoms with Crippen LogP contribution in [-0.4, -0.2) is 9.97 Å². The highest BCUT2D eigenvalue weighted by Crippen LogP contribution is 2.40. The van der Waals surface area contributed by atoms with E-state index in [0.29, 0.717) is 0 Å². The standard InChI is InChI=1S/C49H32N2/c1-31-11-10-20-44-47(31)51-49(35-27-23-33(24-28-35)46-42-18-8-4-14-38(42)30-39-15-5-9-19-43(39)46)48(50-44)34-25-21-32(22-26-34)45-40-16-6-2-12-36(40)29-37-13-3-7-17-41(37)45/h2-30H,1H3. The molecule has 0 spiro atoms. The molecule has 51 heavy (non-hydrogen) atoms. The third kappa shape index (κ3) is 4.87. The van der Waals surface area contributed by atoms with Crippen LogP contribution in [0.25, 0.3) is 98.9 Å². The molecular weight excluding hydrogens is 617 g/mol. The molecule has 0 fully saturated rings. The maximum atomic E-state index is 5.32. The van der Waals surface area contributed by atoms with Gasteiger partial charge in [0.2, 0.25) is 0 Å². The second-order valence-electron chi connectivity index (χ2n) is 13.4. The number of fused-ring (bicyclic) bond motifs is 5. The summed E-state index contributed by atoms with van der Waals surface area (Å²) in [6, 6.07) is 63.3. The molecule has 0 bridgehead atoms. The van der Waals surface area contributed by atoms with E-state index in [1.54, 1.807) is 0 Å². The lowest BCUT2D eigenvalue weighted by molar-refractivity contribution is 1.27. The SMILES string of the molecule is Cc1cccc2nc(-c3ccc(-c4c5ccccc5cc5ccccc45)cc3)c(-c3ccc(-c4c5ccccc5cc5ccccc45)cc3)nc12. The molecule has 238 valence electrons. The monoisotopic (exact) mass is 648 g/mol. The lowest BCUT2D eigenvalue weighted by Crippen LogP contribution is -1.97. The Balaban J connectivity index is 1.13. The molecule has 0 N–H and O–H groups in total. The van der Waals surface area contributed by atoms with Crippen LogP contribution in [0.3, 0.4) is 0 Å². The zero-order valence-corrected chi connectivity index (χ0v) is 28.1. The van der Waals surface area contributed by atoms with Crippen molar-refractivity contribution in [1.82, 2.24) is 9.97 Å². The molecule has 0 aliphatic carbocycles. The van der Waals surface area contributed by atoms with Gasteiger partial charge in [-0.25, -0.2) is 9.97 Å². The summed E-state index contributed by atoms with van der Waals surface area (Å²) in [5.41, 5.74) is 11.7. The van der Waals surface area contributed by atoms with E-state index in [2.05, 4.69) is 183 Å². The molecule has 9 aromatic carbocycles. The Kier molecular flexibility index (Phi) is 6.75. The van der Waals surface area contributed by atoms with Crippen molar-refractivity contribution in [3.05, 3.63) is 181 Å². The summed E-state index contributed by atoms with van der Waals surface area (Å²) in [5.74, 6) is 0. The molecule has 0 unspecified atom stereocenters. The Morgan fingerprint density at radius 3 is 1.14 bits per heavy atom. The van der Waals surface area contributed by atoms with E-state index < -0.39 is 0 Å². The molecule has 1 heterocycles. The fourth-order valence-electron chi connectivity index (χ4n) is 7.86. The zero-order chi connectivity index (χ0) is 33.9. The van der Waals surface area contributed by atoms with Crippen molar-refractivity contribution in [2.45, 2.75) is 6.92 Å². The molecular formula is C49H32N2. The van der Waals surface area contributed by atoms with Gasteiger partial charge in [-0.2, -0.15) is 0 Å². The first-order chi connectivity index (χ1) is 25.2. The van der Waals surface area contributed by atoms with Crippen LogP contribution in [0, 0.1) is 6.92 Å². The Morgan fingerprint density at radius 2 is 0.706 bits per heavy atom. The molecule has 0 radical (unpaired) electrons. The minimum absolute atomic E-state index is 0.880. The molecule has 0 atom stereocenters. The highest BCUT2D eigenvalue weighted by atomic mass is 14.8. The number of hydrogen-bond donors (Lipinski definition) is 0. The molecule has 1 aromatic heterocycles. The fraction of sp³-hybridized carbons (Fsp3) is 0.0204. The molecule has 10 rings (SSSR count). The molecule has 0 aliphatic heterocycles. The van der Waals surface area contributed by atoms with E-state index in [0.717, 1.165) is 39.1 Å². The molecule has 0 saturated carbocycles. The van der Waals surface area contributed by atoms with Gasteiger partial charge < -0.3 is 0 Å². The number of aromatic nitrogens is 2. The van der Waals surface area contributed by atoms with Crippen LogP contribution in [0.1, 0.15) is 5.56 Å². The van der Waals surface area contributed by atoms with Crippen molar-refractivity contribution in [2.75, 3.05) is 0 Å². The van der Waals surface area contributed by atoms with Crippen LogP contribution in [0.2, 0.25) is 0 Å². The van der Waals surface area contributed by atoms with Gasteiger partial charge in [-0.15, -0.1) is 0 Å². The number of nitrogens with zero attached hydrogens (tertiary/aromatic N) is 2. The Morgan fingerprint density at radius 1 is 0.333 bits per heavy atom. The molecule has 0 aliphatic rings. The van der Waals surface area contributed by atoms with Gasteiger partial charge in [-0.3, -0.25) is 0 Å². The maximum Gasteiger partial charge on any atom is 0.0973 e. The van der Waals surface area contributed by atoms with Crippen molar-refractivity contribution >= 4 is 54.1 Å². The van der Waals surface area contributed by atoms with E-state index in [1.807, 2.05) is 0 Å². The van der Waals surface area contributed by atoms with Gasteiger partial charge in [0, 0.05) is 11.1 Å². The van der Waals surface area contributed by atoms with Gasteiger partial charge in [-0.1, -0.05) is 158 Å². The van der Waals surface area contributed by atoms with Crippen LogP contribution in [0.4, 0.5) is 0 Å². The quantitative estimate of drug-likeness (QED) is 0.178. The van der Waals surface area contributed by atoms with Crippen LogP contribution >= 0.6 is 0 Å². The second kappa shape index (κ2) is 11.8. The predicted molar refractivity (Wildman–Crippen MR) is 216 cm³/mol. The number of hydrogen-bond acceptors (Lipinski definition) is 2. The number of rotatable bonds is 4. The average molecular weight is 649 g/mol. The lowest BCUT2D eigenvalue weighted by atomic mass is 9.90. The number of para-hydroxylation sites is 1. The van der Waals surface area contributed by atoms with Crippen molar-refractivity contribution in [3.63, 3.8) is 0 Å². The van der Waals surface area contributed by atoms with E-state index in [4.69, 9.17) is 9.97 Å². The van der Waals surface area contributed by atoms with Crippen LogP contribution in [-0.2, 0) is 0 Å². The predicted octanol–water partition coefficient (Wildman–Crippen LogP) is 13.2. The minimum atomic E-state index is 0.880. The third-order valence-electron chi connectivity index (χ3n) is 10.3. The van der Waals surface area contributed by atoms with Gasteiger partial charge >= 0.3 is 0 Å². The summed E-state index contributed by atoms with van der Waals surface area (Å²) in [6.07, 6.45) is 0. The van der Waals surface area contributed by atoms with Crippen molar-refractivity contribution < 1.29 is 0 Å². The van der Waals surface area contributed by atoms with E-state index in [1.165, 1.54) is 65.3 Å². The molecule has 2 nitrogen and oxygen atoms in total. The van der Waals surface area contributed by atoms with Gasteiger partial charge in [0.15, 0.2) is 0 Å². The average Bonchev–Trinajstić information content (AvgIpc) is 3.19. The molecule has 2 heteroatoms. The molecule has 0 saturated heterocycles. The molecule has 0 amide bonds. The van der Waals surface area contributed by atoms with E-state index in [9.17, 15) is 0 Å². The Labute approximate surface area is 296 Å². The first-order valence-corrected chi connectivity index (χ1v) is 17.5. The van der Waals surface area contributed by atoms with Crippen LogP contribution < -0.4 is 0 Å². The van der Waals surface area contributed by atoms with Gasteiger partial charge in [-0.05, 0) is 96.0 Å². The molecule has 10 aromatic rings. The minimum Gasteiger partial charge on any atom is -0.244 e. The summed E-state index contributed by atoms with van der Waals surface area (Å²) < 4.78 is 0. The van der Waals surface area contributed by atoms with E-state index >= 15 is 0 Å².